The topological polar surface area (TPSA) is 29.1 Å². The normalized spacial score (nSPS) is 14.6. The lowest BCUT2D eigenvalue weighted by atomic mass is 10.2. The number of rotatable bonds is 4. The molecule has 0 radical (unpaired) electrons. The van der Waals surface area contributed by atoms with Gasteiger partial charge in [0.1, 0.15) is 0 Å². The Morgan fingerprint density at radius 1 is 1.75 bits per heavy atom. The number of carbonyl (C=O) groups is 1. The Labute approximate surface area is 77.1 Å². The Hall–Kier alpha value is -0.700. The van der Waals surface area contributed by atoms with Gasteiger partial charge in [0.15, 0.2) is 0 Å². The van der Waals surface area contributed by atoms with Crippen LogP contribution in [-0.4, -0.2) is 24.5 Å². The molecule has 0 atom stereocenters. The van der Waals surface area contributed by atoms with Gasteiger partial charge in [0, 0.05) is 17.9 Å². The highest BCUT2D eigenvalue weighted by Gasteiger charge is 2.08. The van der Waals surface area contributed by atoms with Gasteiger partial charge in [-0.15, -0.1) is 0 Å². The Kier molecular flexibility index (Phi) is 3.94. The Bertz CT molecular complexity index is 221. The lowest BCUT2D eigenvalue weighted by Gasteiger charge is -2.03. The number of allylic oxidation sites excluding steroid dienone is 3. The van der Waals surface area contributed by atoms with Crippen molar-refractivity contribution in [2.45, 2.75) is 6.42 Å². The van der Waals surface area contributed by atoms with Crippen LogP contribution in [-0.2, 0) is 4.79 Å². The first-order valence-electron chi connectivity index (χ1n) is 3.97. The summed E-state index contributed by atoms with van der Waals surface area (Å²) in [6.45, 7) is 0.761. The fourth-order valence-corrected chi connectivity index (χ4v) is 1.30. The maximum atomic E-state index is 11.3. The minimum atomic E-state index is 0.0778. The lowest BCUT2D eigenvalue weighted by molar-refractivity contribution is -0.117. The summed E-state index contributed by atoms with van der Waals surface area (Å²) in [7, 11) is 0. The standard InChI is InChI=1S/C9H13NOS/c1-12-7-6-10-9(11)8-4-2-3-5-8/h2-4H,5-7H2,1H3,(H,10,11). The molecule has 0 spiro atoms. The van der Waals surface area contributed by atoms with Gasteiger partial charge in [-0.05, 0) is 12.7 Å². The summed E-state index contributed by atoms with van der Waals surface area (Å²) in [5, 5.41) is 2.86. The van der Waals surface area contributed by atoms with Crippen molar-refractivity contribution in [1.82, 2.24) is 5.32 Å². The first kappa shape index (κ1) is 9.39. The van der Waals surface area contributed by atoms with Crippen molar-refractivity contribution < 1.29 is 4.79 Å². The van der Waals surface area contributed by atoms with Crippen LogP contribution in [0.1, 0.15) is 6.42 Å². The van der Waals surface area contributed by atoms with Crippen LogP contribution in [0.15, 0.2) is 23.8 Å². The molecule has 1 N–H and O–H groups in total. The van der Waals surface area contributed by atoms with E-state index >= 15 is 0 Å². The monoisotopic (exact) mass is 183 g/mol. The van der Waals surface area contributed by atoms with Gasteiger partial charge in [-0.25, -0.2) is 0 Å². The molecule has 0 aromatic carbocycles. The molecule has 0 heterocycles. The van der Waals surface area contributed by atoms with Crippen molar-refractivity contribution in [3.05, 3.63) is 23.8 Å². The van der Waals surface area contributed by atoms with Crippen molar-refractivity contribution >= 4 is 17.7 Å². The molecular formula is C9H13NOS. The number of carbonyl (C=O) groups excluding carboxylic acids is 1. The van der Waals surface area contributed by atoms with E-state index in [9.17, 15) is 4.79 Å². The molecule has 0 saturated carbocycles. The number of hydrogen-bond donors (Lipinski definition) is 1. The highest BCUT2D eigenvalue weighted by atomic mass is 32.2. The maximum Gasteiger partial charge on any atom is 0.247 e. The molecule has 2 nitrogen and oxygen atoms in total. The second kappa shape index (κ2) is 5.04. The fourth-order valence-electron chi connectivity index (χ4n) is 0.996. The van der Waals surface area contributed by atoms with E-state index in [-0.39, 0.29) is 5.91 Å². The van der Waals surface area contributed by atoms with E-state index in [1.807, 2.05) is 24.5 Å². The molecule has 0 fully saturated rings. The molecular weight excluding hydrogens is 170 g/mol. The third kappa shape index (κ3) is 2.74. The summed E-state index contributed by atoms with van der Waals surface area (Å²) in [5.41, 5.74) is 0.871. The third-order valence-corrected chi connectivity index (χ3v) is 2.27. The van der Waals surface area contributed by atoms with Gasteiger partial charge in [-0.2, -0.15) is 11.8 Å². The number of hydrogen-bond acceptors (Lipinski definition) is 2. The van der Waals surface area contributed by atoms with Gasteiger partial charge < -0.3 is 5.32 Å². The van der Waals surface area contributed by atoms with Crippen LogP contribution in [0.2, 0.25) is 0 Å². The van der Waals surface area contributed by atoms with Gasteiger partial charge in [0.2, 0.25) is 5.91 Å². The number of thioether (sulfide) groups is 1. The zero-order chi connectivity index (χ0) is 8.81. The first-order valence-corrected chi connectivity index (χ1v) is 5.37. The third-order valence-electron chi connectivity index (χ3n) is 1.65. The van der Waals surface area contributed by atoms with Crippen LogP contribution in [0.4, 0.5) is 0 Å². The van der Waals surface area contributed by atoms with Crippen LogP contribution < -0.4 is 5.32 Å². The van der Waals surface area contributed by atoms with E-state index in [0.717, 1.165) is 24.3 Å². The molecule has 1 aliphatic carbocycles. The zero-order valence-corrected chi connectivity index (χ0v) is 7.99. The first-order chi connectivity index (χ1) is 5.84. The van der Waals surface area contributed by atoms with E-state index in [4.69, 9.17) is 0 Å². The van der Waals surface area contributed by atoms with Gasteiger partial charge in [-0.3, -0.25) is 4.79 Å². The van der Waals surface area contributed by atoms with Crippen LogP contribution >= 0.6 is 11.8 Å². The molecule has 12 heavy (non-hydrogen) atoms. The van der Waals surface area contributed by atoms with Crippen LogP contribution in [0, 0.1) is 0 Å². The Morgan fingerprint density at radius 2 is 2.58 bits per heavy atom. The second-order valence-electron chi connectivity index (χ2n) is 2.57. The SMILES string of the molecule is CSCCNC(=O)C1=CC=CC1. The van der Waals surface area contributed by atoms with Gasteiger partial charge in [0.25, 0.3) is 0 Å². The molecule has 0 aliphatic heterocycles. The molecule has 66 valence electrons. The van der Waals surface area contributed by atoms with Crippen LogP contribution in [0.5, 0.6) is 0 Å². The summed E-state index contributed by atoms with van der Waals surface area (Å²) in [6.07, 6.45) is 8.59. The van der Waals surface area contributed by atoms with E-state index in [2.05, 4.69) is 5.32 Å². The molecule has 0 bridgehead atoms. The Morgan fingerprint density at radius 3 is 3.17 bits per heavy atom. The lowest BCUT2D eigenvalue weighted by Crippen LogP contribution is -2.26. The molecule has 1 amide bonds. The molecule has 1 aliphatic rings. The largest absolute Gasteiger partial charge is 0.351 e. The van der Waals surface area contributed by atoms with Crippen molar-refractivity contribution in [1.29, 1.82) is 0 Å². The molecule has 3 heteroatoms. The number of nitrogens with one attached hydrogen (secondary N) is 1. The van der Waals surface area contributed by atoms with Crippen LogP contribution in [0.3, 0.4) is 0 Å². The summed E-state index contributed by atoms with van der Waals surface area (Å²) < 4.78 is 0. The fraction of sp³-hybridized carbons (Fsp3) is 0.444. The van der Waals surface area contributed by atoms with E-state index in [0.29, 0.717) is 0 Å². The minimum Gasteiger partial charge on any atom is -0.351 e. The van der Waals surface area contributed by atoms with E-state index < -0.39 is 0 Å². The number of amides is 1. The molecule has 0 aromatic heterocycles. The summed E-state index contributed by atoms with van der Waals surface area (Å²) in [5.74, 6) is 1.06. The summed E-state index contributed by atoms with van der Waals surface area (Å²) in [4.78, 5) is 11.3. The predicted octanol–water partition coefficient (Wildman–Crippen LogP) is 1.35. The molecule has 0 unspecified atom stereocenters. The van der Waals surface area contributed by atoms with Crippen molar-refractivity contribution in [2.24, 2.45) is 0 Å². The van der Waals surface area contributed by atoms with Crippen molar-refractivity contribution in [3.8, 4) is 0 Å². The second-order valence-corrected chi connectivity index (χ2v) is 3.56. The van der Waals surface area contributed by atoms with E-state index in [1.54, 1.807) is 11.8 Å². The Balaban J connectivity index is 2.20. The van der Waals surface area contributed by atoms with Gasteiger partial charge >= 0.3 is 0 Å². The highest BCUT2D eigenvalue weighted by Crippen LogP contribution is 2.09. The summed E-state index contributed by atoms with van der Waals surface area (Å²) in [6, 6.07) is 0. The molecule has 0 saturated heterocycles. The predicted molar refractivity (Wildman–Crippen MR) is 53.2 cm³/mol. The van der Waals surface area contributed by atoms with E-state index in [1.165, 1.54) is 0 Å². The van der Waals surface area contributed by atoms with Crippen molar-refractivity contribution in [3.63, 3.8) is 0 Å². The summed E-state index contributed by atoms with van der Waals surface area (Å²) >= 11 is 1.74. The quantitative estimate of drug-likeness (QED) is 0.667. The van der Waals surface area contributed by atoms with Gasteiger partial charge in [0.05, 0.1) is 0 Å². The zero-order valence-electron chi connectivity index (χ0n) is 7.17. The average Bonchev–Trinajstić information content (AvgIpc) is 2.56. The smallest absolute Gasteiger partial charge is 0.247 e. The van der Waals surface area contributed by atoms with Crippen LogP contribution in [0.25, 0.3) is 0 Å². The van der Waals surface area contributed by atoms with Gasteiger partial charge in [-0.1, -0.05) is 18.2 Å². The highest BCUT2D eigenvalue weighted by molar-refractivity contribution is 7.98. The van der Waals surface area contributed by atoms with Crippen molar-refractivity contribution in [2.75, 3.05) is 18.6 Å². The minimum absolute atomic E-state index is 0.0778. The molecule has 0 aromatic rings. The average molecular weight is 183 g/mol. The maximum absolute atomic E-state index is 11.3. The molecule has 1 rings (SSSR count).